The molecule has 17 heavy (non-hydrogen) atoms. The van der Waals surface area contributed by atoms with Gasteiger partial charge < -0.3 is 0 Å². The van der Waals surface area contributed by atoms with Crippen LogP contribution in [0.25, 0.3) is 0 Å². The van der Waals surface area contributed by atoms with E-state index >= 15 is 0 Å². The van der Waals surface area contributed by atoms with E-state index in [1.54, 1.807) is 0 Å². The fraction of sp³-hybridized carbons (Fsp3) is 0.188. The largest absolute Gasteiger partial charge is 2.00 e. The van der Waals surface area contributed by atoms with Gasteiger partial charge in [-0.3, -0.25) is 0 Å². The standard InChI is InChI=1S/C9H11.C7H7.Os/c1-7-4-8(2)6-9(3)5-7;1-7-5-3-2-4-6-7;/h4-6H,1H2,2-3H3;2-3,5-6H,1H3;/q2*-1;+2. The van der Waals surface area contributed by atoms with Gasteiger partial charge in [-0.2, -0.15) is 60.5 Å². The van der Waals surface area contributed by atoms with Gasteiger partial charge in [0, 0.05) is 0 Å². The molecule has 0 aliphatic heterocycles. The molecule has 1 heteroatoms. The molecule has 0 bridgehead atoms. The van der Waals surface area contributed by atoms with E-state index in [1.807, 2.05) is 18.2 Å². The Morgan fingerprint density at radius 3 is 1.82 bits per heavy atom. The van der Waals surface area contributed by atoms with Gasteiger partial charge in [0.05, 0.1) is 0 Å². The Morgan fingerprint density at radius 1 is 0.941 bits per heavy atom. The van der Waals surface area contributed by atoms with E-state index in [0.29, 0.717) is 0 Å². The van der Waals surface area contributed by atoms with Crippen LogP contribution in [0.15, 0.2) is 42.5 Å². The van der Waals surface area contributed by atoms with Crippen molar-refractivity contribution in [3.05, 3.63) is 77.7 Å². The van der Waals surface area contributed by atoms with Crippen molar-refractivity contribution >= 4 is 0 Å². The van der Waals surface area contributed by atoms with Crippen molar-refractivity contribution in [2.24, 2.45) is 0 Å². The summed E-state index contributed by atoms with van der Waals surface area (Å²) in [5.74, 6) is 0. The second-order valence-electron chi connectivity index (χ2n) is 4.08. The van der Waals surface area contributed by atoms with E-state index in [9.17, 15) is 0 Å². The summed E-state index contributed by atoms with van der Waals surface area (Å²) in [6.45, 7) is 10.1. The van der Waals surface area contributed by atoms with Crippen LogP contribution in [-0.4, -0.2) is 0 Å². The van der Waals surface area contributed by atoms with Crippen LogP contribution in [0.3, 0.4) is 0 Å². The Kier molecular flexibility index (Phi) is 7.60. The fourth-order valence-corrected chi connectivity index (χ4v) is 1.55. The van der Waals surface area contributed by atoms with Crippen LogP contribution < -0.4 is 0 Å². The van der Waals surface area contributed by atoms with Crippen LogP contribution in [0.4, 0.5) is 0 Å². The molecule has 0 nitrogen and oxygen atoms in total. The van der Waals surface area contributed by atoms with Crippen molar-refractivity contribution < 1.29 is 19.8 Å². The van der Waals surface area contributed by atoms with Gasteiger partial charge in [0.25, 0.3) is 0 Å². The molecule has 0 aliphatic rings. The maximum absolute atomic E-state index is 3.84. The third kappa shape index (κ3) is 6.98. The molecule has 2 aromatic carbocycles. The smallest absolute Gasteiger partial charge is 0.199 e. The van der Waals surface area contributed by atoms with E-state index < -0.39 is 0 Å². The molecule has 0 unspecified atom stereocenters. The first-order chi connectivity index (χ1) is 7.58. The molecule has 0 saturated carbocycles. The fourth-order valence-electron chi connectivity index (χ4n) is 1.55. The minimum Gasteiger partial charge on any atom is -0.199 e. The second kappa shape index (κ2) is 8.10. The van der Waals surface area contributed by atoms with Crippen molar-refractivity contribution in [3.8, 4) is 0 Å². The topological polar surface area (TPSA) is 0 Å². The molecular weight excluding hydrogens is 382 g/mol. The van der Waals surface area contributed by atoms with Crippen molar-refractivity contribution in [2.75, 3.05) is 0 Å². The molecule has 0 atom stereocenters. The van der Waals surface area contributed by atoms with E-state index in [2.05, 4.69) is 58.0 Å². The average Bonchev–Trinajstić information content (AvgIpc) is 2.17. The molecule has 0 radical (unpaired) electrons. The van der Waals surface area contributed by atoms with E-state index in [0.717, 1.165) is 5.56 Å². The third-order valence-electron chi connectivity index (χ3n) is 2.14. The van der Waals surface area contributed by atoms with Crippen molar-refractivity contribution in [1.29, 1.82) is 0 Å². The number of benzene rings is 2. The predicted molar refractivity (Wildman–Crippen MR) is 70.4 cm³/mol. The first-order valence-electron chi connectivity index (χ1n) is 5.41. The van der Waals surface area contributed by atoms with Crippen molar-refractivity contribution in [3.63, 3.8) is 0 Å². The zero-order valence-corrected chi connectivity index (χ0v) is 13.1. The van der Waals surface area contributed by atoms with E-state index in [-0.39, 0.29) is 19.8 Å². The van der Waals surface area contributed by atoms with Gasteiger partial charge in [0.15, 0.2) is 0 Å². The van der Waals surface area contributed by atoms with Crippen LogP contribution in [0.2, 0.25) is 0 Å². The monoisotopic (exact) mass is 402 g/mol. The summed E-state index contributed by atoms with van der Waals surface area (Å²) in [4.78, 5) is 0. The van der Waals surface area contributed by atoms with E-state index in [1.165, 1.54) is 16.7 Å². The van der Waals surface area contributed by atoms with Gasteiger partial charge in [0.2, 0.25) is 0 Å². The van der Waals surface area contributed by atoms with Gasteiger partial charge in [-0.25, -0.2) is 0 Å². The van der Waals surface area contributed by atoms with Crippen LogP contribution >= 0.6 is 0 Å². The minimum absolute atomic E-state index is 0. The van der Waals surface area contributed by atoms with Crippen LogP contribution in [-0.2, 0) is 19.8 Å². The first kappa shape index (κ1) is 15.9. The van der Waals surface area contributed by atoms with Gasteiger partial charge in [-0.15, -0.1) is 11.1 Å². The molecule has 0 heterocycles. The normalized spacial score (nSPS) is 8.65. The summed E-state index contributed by atoms with van der Waals surface area (Å²) in [5, 5.41) is 0. The van der Waals surface area contributed by atoms with Gasteiger partial charge in [-0.05, 0) is 0 Å². The molecular formula is C16H18Os. The summed E-state index contributed by atoms with van der Waals surface area (Å²) in [7, 11) is 0. The predicted octanol–water partition coefficient (Wildman–Crippen LogP) is 4.28. The van der Waals surface area contributed by atoms with Gasteiger partial charge >= 0.3 is 19.8 Å². The Morgan fingerprint density at radius 2 is 1.53 bits per heavy atom. The van der Waals surface area contributed by atoms with Crippen LogP contribution in [0.1, 0.15) is 22.3 Å². The maximum Gasteiger partial charge on any atom is 2.00 e. The number of hydrogen-bond donors (Lipinski definition) is 0. The number of hydrogen-bond acceptors (Lipinski definition) is 0. The Hall–Kier alpha value is -1.05. The second-order valence-corrected chi connectivity index (χ2v) is 4.08. The summed E-state index contributed by atoms with van der Waals surface area (Å²) in [5.41, 5.74) is 4.95. The molecule has 0 aromatic heterocycles. The molecule has 2 rings (SSSR count). The Labute approximate surface area is 118 Å². The number of rotatable bonds is 0. The Bertz CT molecular complexity index is 382. The van der Waals surface area contributed by atoms with Crippen LogP contribution in [0.5, 0.6) is 0 Å². The summed E-state index contributed by atoms with van der Waals surface area (Å²) < 4.78 is 0. The Balaban J connectivity index is 0.000000292. The molecule has 0 aliphatic carbocycles. The summed E-state index contributed by atoms with van der Waals surface area (Å²) in [6.07, 6.45) is 0. The molecule has 0 spiro atoms. The van der Waals surface area contributed by atoms with Crippen LogP contribution in [0, 0.1) is 33.8 Å². The molecule has 0 amide bonds. The molecule has 2 aromatic rings. The van der Waals surface area contributed by atoms with E-state index in [4.69, 9.17) is 0 Å². The van der Waals surface area contributed by atoms with Gasteiger partial charge in [-0.1, -0.05) is 26.8 Å². The average molecular weight is 401 g/mol. The molecule has 0 fully saturated rings. The summed E-state index contributed by atoms with van der Waals surface area (Å²) >= 11 is 0. The minimum atomic E-state index is 0. The van der Waals surface area contributed by atoms with Crippen molar-refractivity contribution in [1.82, 2.24) is 0 Å². The molecule has 0 saturated heterocycles. The molecule has 0 N–H and O–H groups in total. The third-order valence-corrected chi connectivity index (χ3v) is 2.14. The zero-order chi connectivity index (χ0) is 12.0. The number of aryl methyl sites for hydroxylation is 3. The van der Waals surface area contributed by atoms with Crippen molar-refractivity contribution in [2.45, 2.75) is 20.8 Å². The van der Waals surface area contributed by atoms with Gasteiger partial charge in [0.1, 0.15) is 0 Å². The first-order valence-corrected chi connectivity index (χ1v) is 5.41. The quantitative estimate of drug-likeness (QED) is 0.579. The molecule has 90 valence electrons. The SMILES string of the molecule is Cc1c[c-]ccc1.[CH2-]c1cc(C)cc(C)c1.[Os+2]. The maximum atomic E-state index is 3.84. The summed E-state index contributed by atoms with van der Waals surface area (Å²) in [6, 6.07) is 17.1. The zero-order valence-electron chi connectivity index (χ0n) is 10.6.